The Labute approximate surface area is 149 Å². The Kier molecular flexibility index (Phi) is 3.82. The standard InChI is InChI=1S/C18H15ClN6/c1-12-17(22-24(20-12)15-6-4-3-5-7-15)18-13(2)21-25(23-18)16-10-8-14(19)9-11-16/h3-11H,1-2H3. The number of nitrogens with zero attached hydrogens (tertiary/aromatic N) is 6. The van der Waals surface area contributed by atoms with E-state index in [1.165, 1.54) is 0 Å². The normalized spacial score (nSPS) is 11.0. The third-order valence-electron chi connectivity index (χ3n) is 3.83. The molecule has 0 aliphatic rings. The predicted octanol–water partition coefficient (Wildman–Crippen LogP) is 3.79. The number of aryl methyl sites for hydroxylation is 2. The Morgan fingerprint density at radius 3 is 1.64 bits per heavy atom. The summed E-state index contributed by atoms with van der Waals surface area (Å²) in [5, 5.41) is 18.9. The van der Waals surface area contributed by atoms with Crippen molar-refractivity contribution in [2.75, 3.05) is 0 Å². The smallest absolute Gasteiger partial charge is 0.138 e. The summed E-state index contributed by atoms with van der Waals surface area (Å²) < 4.78 is 0. The predicted molar refractivity (Wildman–Crippen MR) is 96.2 cm³/mol. The summed E-state index contributed by atoms with van der Waals surface area (Å²) in [5.74, 6) is 0. The zero-order valence-electron chi connectivity index (χ0n) is 13.8. The van der Waals surface area contributed by atoms with Crippen molar-refractivity contribution in [2.24, 2.45) is 0 Å². The Hall–Kier alpha value is -2.99. The van der Waals surface area contributed by atoms with E-state index in [0.29, 0.717) is 5.02 Å². The Morgan fingerprint density at radius 1 is 0.640 bits per heavy atom. The lowest BCUT2D eigenvalue weighted by Crippen LogP contribution is -1.99. The van der Waals surface area contributed by atoms with Gasteiger partial charge in [0.25, 0.3) is 0 Å². The maximum absolute atomic E-state index is 5.94. The quantitative estimate of drug-likeness (QED) is 0.564. The fourth-order valence-electron chi connectivity index (χ4n) is 2.56. The Morgan fingerprint density at radius 2 is 1.12 bits per heavy atom. The van der Waals surface area contributed by atoms with Gasteiger partial charge in [0.2, 0.25) is 0 Å². The highest BCUT2D eigenvalue weighted by atomic mass is 35.5. The third-order valence-corrected chi connectivity index (χ3v) is 4.09. The van der Waals surface area contributed by atoms with Gasteiger partial charge in [0.15, 0.2) is 0 Å². The SMILES string of the molecule is Cc1nn(-c2ccccc2)nc1-c1nn(-c2ccc(Cl)cc2)nc1C. The van der Waals surface area contributed by atoms with Crippen molar-refractivity contribution >= 4 is 11.6 Å². The molecule has 0 amide bonds. The van der Waals surface area contributed by atoms with Gasteiger partial charge in [0, 0.05) is 5.02 Å². The first-order chi connectivity index (χ1) is 12.1. The lowest BCUT2D eigenvalue weighted by molar-refractivity contribution is 0.740. The third kappa shape index (κ3) is 2.92. The van der Waals surface area contributed by atoms with Crippen molar-refractivity contribution in [1.82, 2.24) is 30.0 Å². The van der Waals surface area contributed by atoms with Crippen LogP contribution in [0.25, 0.3) is 22.8 Å². The van der Waals surface area contributed by atoms with Gasteiger partial charge in [-0.25, -0.2) is 0 Å². The summed E-state index contributed by atoms with van der Waals surface area (Å²) in [6.45, 7) is 3.83. The summed E-state index contributed by atoms with van der Waals surface area (Å²) in [5.41, 5.74) is 4.77. The van der Waals surface area contributed by atoms with Crippen LogP contribution in [0.5, 0.6) is 0 Å². The number of para-hydroxylation sites is 1. The molecule has 124 valence electrons. The molecule has 2 aromatic heterocycles. The van der Waals surface area contributed by atoms with Crippen LogP contribution in [0, 0.1) is 13.8 Å². The van der Waals surface area contributed by atoms with E-state index in [-0.39, 0.29) is 0 Å². The van der Waals surface area contributed by atoms with Crippen LogP contribution < -0.4 is 0 Å². The number of halogens is 1. The highest BCUT2D eigenvalue weighted by Crippen LogP contribution is 2.23. The van der Waals surface area contributed by atoms with E-state index in [4.69, 9.17) is 11.6 Å². The summed E-state index contributed by atoms with van der Waals surface area (Å²) in [6.07, 6.45) is 0. The average molecular weight is 351 g/mol. The van der Waals surface area contributed by atoms with Crippen molar-refractivity contribution in [3.63, 3.8) is 0 Å². The molecule has 0 radical (unpaired) electrons. The topological polar surface area (TPSA) is 61.4 Å². The zero-order valence-corrected chi connectivity index (χ0v) is 14.5. The van der Waals surface area contributed by atoms with Crippen molar-refractivity contribution < 1.29 is 0 Å². The van der Waals surface area contributed by atoms with Gasteiger partial charge in [0.05, 0.1) is 22.8 Å². The van der Waals surface area contributed by atoms with Gasteiger partial charge in [0.1, 0.15) is 11.4 Å². The molecule has 0 fully saturated rings. The van der Waals surface area contributed by atoms with E-state index in [1.807, 2.05) is 68.4 Å². The van der Waals surface area contributed by atoms with Gasteiger partial charge in [-0.05, 0) is 50.2 Å². The molecule has 2 heterocycles. The highest BCUT2D eigenvalue weighted by Gasteiger charge is 2.18. The van der Waals surface area contributed by atoms with Crippen LogP contribution in [0.1, 0.15) is 11.4 Å². The molecule has 6 nitrogen and oxygen atoms in total. The first-order valence-corrected chi connectivity index (χ1v) is 8.19. The fraction of sp³-hybridized carbons (Fsp3) is 0.111. The lowest BCUT2D eigenvalue weighted by Gasteiger charge is -1.98. The molecule has 0 aliphatic carbocycles. The number of aromatic nitrogens is 6. The van der Waals surface area contributed by atoms with Crippen molar-refractivity contribution in [1.29, 1.82) is 0 Å². The van der Waals surface area contributed by atoms with Gasteiger partial charge in [-0.15, -0.1) is 10.2 Å². The number of rotatable bonds is 3. The highest BCUT2D eigenvalue weighted by molar-refractivity contribution is 6.30. The maximum atomic E-state index is 5.94. The van der Waals surface area contributed by atoms with Gasteiger partial charge < -0.3 is 0 Å². The van der Waals surface area contributed by atoms with E-state index >= 15 is 0 Å². The number of hydrogen-bond donors (Lipinski definition) is 0. The van der Waals surface area contributed by atoms with E-state index in [2.05, 4.69) is 20.4 Å². The van der Waals surface area contributed by atoms with Crippen LogP contribution in [0.3, 0.4) is 0 Å². The summed E-state index contributed by atoms with van der Waals surface area (Å²) in [4.78, 5) is 3.20. The van der Waals surface area contributed by atoms with Crippen LogP contribution in [-0.2, 0) is 0 Å². The molecule has 25 heavy (non-hydrogen) atoms. The Bertz CT molecular complexity index is 1020. The zero-order chi connectivity index (χ0) is 17.4. The van der Waals surface area contributed by atoms with Crippen LogP contribution in [0.15, 0.2) is 54.6 Å². The maximum Gasteiger partial charge on any atom is 0.138 e. The van der Waals surface area contributed by atoms with Crippen LogP contribution >= 0.6 is 11.6 Å². The molecule has 4 rings (SSSR count). The molecule has 0 spiro atoms. The van der Waals surface area contributed by atoms with Crippen molar-refractivity contribution in [3.05, 3.63) is 71.0 Å². The average Bonchev–Trinajstić information content (AvgIpc) is 3.19. The van der Waals surface area contributed by atoms with Crippen LogP contribution in [0.2, 0.25) is 5.02 Å². The first kappa shape index (κ1) is 15.5. The summed E-state index contributed by atoms with van der Waals surface area (Å²) in [7, 11) is 0. The van der Waals surface area contributed by atoms with Gasteiger partial charge in [-0.2, -0.15) is 19.8 Å². The lowest BCUT2D eigenvalue weighted by atomic mass is 10.2. The molecule has 0 aliphatic heterocycles. The van der Waals surface area contributed by atoms with Gasteiger partial charge in [-0.1, -0.05) is 29.8 Å². The molecule has 0 bridgehead atoms. The second kappa shape index (κ2) is 6.14. The van der Waals surface area contributed by atoms with E-state index in [0.717, 1.165) is 34.2 Å². The number of hydrogen-bond acceptors (Lipinski definition) is 4. The fourth-order valence-corrected chi connectivity index (χ4v) is 2.69. The number of benzene rings is 2. The molecule has 0 unspecified atom stereocenters. The molecule has 0 saturated carbocycles. The minimum absolute atomic E-state index is 0.675. The monoisotopic (exact) mass is 350 g/mol. The van der Waals surface area contributed by atoms with Crippen molar-refractivity contribution in [3.8, 4) is 22.8 Å². The van der Waals surface area contributed by atoms with Gasteiger partial charge >= 0.3 is 0 Å². The Balaban J connectivity index is 1.76. The molecule has 4 aromatic rings. The molecular weight excluding hydrogens is 336 g/mol. The first-order valence-electron chi connectivity index (χ1n) is 7.81. The second-order valence-electron chi connectivity index (χ2n) is 5.66. The van der Waals surface area contributed by atoms with E-state index < -0.39 is 0 Å². The minimum atomic E-state index is 0.675. The van der Waals surface area contributed by atoms with Crippen LogP contribution in [0.4, 0.5) is 0 Å². The molecule has 0 saturated heterocycles. The van der Waals surface area contributed by atoms with Crippen LogP contribution in [-0.4, -0.2) is 30.0 Å². The largest absolute Gasteiger partial charge is 0.153 e. The van der Waals surface area contributed by atoms with Crippen molar-refractivity contribution in [2.45, 2.75) is 13.8 Å². The molecule has 0 atom stereocenters. The summed E-state index contributed by atoms with van der Waals surface area (Å²) in [6, 6.07) is 17.2. The molecule has 7 heteroatoms. The molecular formula is C18H15ClN6. The summed E-state index contributed by atoms with van der Waals surface area (Å²) >= 11 is 5.94. The van der Waals surface area contributed by atoms with Gasteiger partial charge in [-0.3, -0.25) is 0 Å². The molecule has 0 N–H and O–H groups in total. The van der Waals surface area contributed by atoms with E-state index in [1.54, 1.807) is 9.59 Å². The minimum Gasteiger partial charge on any atom is -0.153 e. The second-order valence-corrected chi connectivity index (χ2v) is 6.10. The molecule has 2 aromatic carbocycles. The van der Waals surface area contributed by atoms with E-state index in [9.17, 15) is 0 Å².